The van der Waals surface area contributed by atoms with E-state index in [-0.39, 0.29) is 18.3 Å². The smallest absolute Gasteiger partial charge is 0.289 e. The van der Waals surface area contributed by atoms with Crippen molar-refractivity contribution in [2.75, 3.05) is 38.7 Å². The van der Waals surface area contributed by atoms with Crippen LogP contribution in [0, 0.1) is 19.3 Å². The monoisotopic (exact) mass is 387 g/mol. The first-order valence-electron chi connectivity index (χ1n) is 10.5. The summed E-state index contributed by atoms with van der Waals surface area (Å²) in [6.07, 6.45) is 6.54. The van der Waals surface area contributed by atoms with Gasteiger partial charge in [-0.15, -0.1) is 0 Å². The minimum Gasteiger partial charge on any atom is -0.394 e. The molecule has 0 unspecified atom stereocenters. The first-order chi connectivity index (χ1) is 13.3. The quantitative estimate of drug-likeness (QED) is 0.800. The van der Waals surface area contributed by atoms with E-state index in [2.05, 4.69) is 39.2 Å². The van der Waals surface area contributed by atoms with Crippen LogP contribution in [0.25, 0.3) is 0 Å². The number of hydrogen-bond donors (Lipinski definition) is 2. The highest BCUT2D eigenvalue weighted by Gasteiger charge is 2.57. The van der Waals surface area contributed by atoms with Crippen LogP contribution in [0.15, 0.2) is 0 Å². The van der Waals surface area contributed by atoms with E-state index < -0.39 is 5.54 Å². The topological polar surface area (TPSA) is 81.6 Å². The van der Waals surface area contributed by atoms with Crippen LogP contribution in [0.5, 0.6) is 0 Å². The Morgan fingerprint density at radius 2 is 2.00 bits per heavy atom. The molecule has 1 atom stereocenters. The molecule has 1 aliphatic heterocycles. The average molecular weight is 388 g/mol. The molecule has 2 heterocycles. The Balaban J connectivity index is 1.51. The maximum atomic E-state index is 13.0. The summed E-state index contributed by atoms with van der Waals surface area (Å²) in [5, 5.41) is 13.0. The first kappa shape index (κ1) is 19.6. The van der Waals surface area contributed by atoms with Crippen molar-refractivity contribution in [3.8, 4) is 0 Å². The largest absolute Gasteiger partial charge is 0.394 e. The van der Waals surface area contributed by atoms with E-state index >= 15 is 0 Å². The lowest BCUT2D eigenvalue weighted by Gasteiger charge is -2.60. The van der Waals surface area contributed by atoms with Crippen LogP contribution in [-0.2, 0) is 0 Å². The first-order valence-corrected chi connectivity index (χ1v) is 10.5. The maximum Gasteiger partial charge on any atom is 0.289 e. The third kappa shape index (κ3) is 3.28. The van der Waals surface area contributed by atoms with Gasteiger partial charge in [0.05, 0.1) is 12.1 Å². The van der Waals surface area contributed by atoms with Gasteiger partial charge >= 0.3 is 0 Å². The molecule has 1 amide bonds. The number of rotatable bonds is 5. The number of aliphatic hydroxyl groups excluding tert-OH is 1. The highest BCUT2D eigenvalue weighted by molar-refractivity contribution is 5.91. The molecular formula is C21H33N5O2. The van der Waals surface area contributed by atoms with Gasteiger partial charge in [0.2, 0.25) is 5.82 Å². The molecule has 1 saturated heterocycles. The van der Waals surface area contributed by atoms with Crippen molar-refractivity contribution in [1.82, 2.24) is 20.2 Å². The zero-order valence-corrected chi connectivity index (χ0v) is 17.6. The molecule has 28 heavy (non-hydrogen) atoms. The number of carbonyl (C=O) groups is 1. The maximum absolute atomic E-state index is 13.0. The number of hydrogen-bond acceptors (Lipinski definition) is 6. The minimum atomic E-state index is -0.497. The fourth-order valence-electron chi connectivity index (χ4n) is 5.33. The molecule has 2 saturated carbocycles. The summed E-state index contributed by atoms with van der Waals surface area (Å²) in [6.45, 7) is 5.79. The molecule has 7 nitrogen and oxygen atoms in total. The molecule has 1 spiro atoms. The van der Waals surface area contributed by atoms with Gasteiger partial charge in [-0.3, -0.25) is 4.79 Å². The molecule has 1 aromatic heterocycles. The standard InChI is InChI=1S/C21H33N5O2/c1-14-15(2)22-17(23-18(14)26-9-6-16(10-26)25(3)4)19(28)24-21(13-27)11-20(12-21)7-5-8-20/h16,27H,5-13H2,1-4H3,(H,24,28)/t16-/m1/s1. The van der Waals surface area contributed by atoms with Crippen molar-refractivity contribution >= 4 is 11.7 Å². The van der Waals surface area contributed by atoms with Crippen LogP contribution < -0.4 is 10.2 Å². The molecule has 4 rings (SSSR count). The fraction of sp³-hybridized carbons (Fsp3) is 0.762. The van der Waals surface area contributed by atoms with Crippen molar-refractivity contribution in [3.05, 3.63) is 17.1 Å². The van der Waals surface area contributed by atoms with Crippen LogP contribution in [-0.4, -0.2) is 71.3 Å². The summed E-state index contributed by atoms with van der Waals surface area (Å²) in [6, 6.07) is 0.498. The number of likely N-dealkylation sites (N-methyl/N-ethyl adjacent to an activating group) is 1. The average Bonchev–Trinajstić information content (AvgIpc) is 3.08. The molecule has 0 aromatic carbocycles. The normalized spacial score (nSPS) is 24.9. The second-order valence-corrected chi connectivity index (χ2v) is 9.53. The van der Waals surface area contributed by atoms with Crippen molar-refractivity contribution in [3.63, 3.8) is 0 Å². The SMILES string of the molecule is Cc1nc(C(=O)NC2(CO)CC3(CCC3)C2)nc(N2CC[C@@H](N(C)C)C2)c1C. The van der Waals surface area contributed by atoms with E-state index in [4.69, 9.17) is 0 Å². The zero-order chi connectivity index (χ0) is 20.1. The molecule has 2 aliphatic carbocycles. The summed E-state index contributed by atoms with van der Waals surface area (Å²) in [7, 11) is 4.21. The number of nitrogens with one attached hydrogen (secondary N) is 1. The summed E-state index contributed by atoms with van der Waals surface area (Å²) in [5.41, 5.74) is 1.74. The number of aliphatic hydroxyl groups is 1. The molecule has 2 N–H and O–H groups in total. The van der Waals surface area contributed by atoms with Crippen LogP contribution in [0.3, 0.4) is 0 Å². The van der Waals surface area contributed by atoms with Crippen molar-refractivity contribution in [1.29, 1.82) is 0 Å². The Labute approximate surface area is 167 Å². The minimum absolute atomic E-state index is 0.0190. The summed E-state index contributed by atoms with van der Waals surface area (Å²) in [4.78, 5) is 26.6. The number of aryl methyl sites for hydroxylation is 1. The van der Waals surface area contributed by atoms with Gasteiger partial charge in [-0.1, -0.05) is 6.42 Å². The molecule has 0 radical (unpaired) electrons. The molecule has 0 bridgehead atoms. The Kier molecular flexibility index (Phi) is 4.86. The second-order valence-electron chi connectivity index (χ2n) is 9.53. The van der Waals surface area contributed by atoms with Crippen molar-refractivity contribution < 1.29 is 9.90 Å². The second kappa shape index (κ2) is 6.95. The third-order valence-electron chi connectivity index (χ3n) is 7.28. The van der Waals surface area contributed by atoms with E-state index in [9.17, 15) is 9.90 Å². The number of amides is 1. The molecule has 3 fully saturated rings. The predicted molar refractivity (Wildman–Crippen MR) is 109 cm³/mol. The molecule has 154 valence electrons. The lowest BCUT2D eigenvalue weighted by molar-refractivity contribution is -0.0796. The van der Waals surface area contributed by atoms with E-state index in [1.807, 2.05) is 13.8 Å². The molecule has 3 aliphatic rings. The van der Waals surface area contributed by atoms with Gasteiger partial charge in [-0.25, -0.2) is 9.97 Å². The molecule has 7 heteroatoms. The lowest BCUT2D eigenvalue weighted by atomic mass is 9.48. The highest BCUT2D eigenvalue weighted by atomic mass is 16.3. The van der Waals surface area contributed by atoms with Gasteiger partial charge in [-0.05, 0) is 65.5 Å². The number of carbonyl (C=O) groups excluding carboxylic acids is 1. The van der Waals surface area contributed by atoms with Gasteiger partial charge < -0.3 is 20.2 Å². The van der Waals surface area contributed by atoms with Gasteiger partial charge in [0, 0.05) is 30.4 Å². The lowest BCUT2D eigenvalue weighted by Crippen LogP contribution is -2.66. The van der Waals surface area contributed by atoms with Crippen molar-refractivity contribution in [2.24, 2.45) is 5.41 Å². The third-order valence-corrected chi connectivity index (χ3v) is 7.28. The Morgan fingerprint density at radius 1 is 1.29 bits per heavy atom. The summed E-state index contributed by atoms with van der Waals surface area (Å²) in [5.74, 6) is 0.814. The Hall–Kier alpha value is -1.73. The van der Waals surface area contributed by atoms with Gasteiger partial charge in [-0.2, -0.15) is 0 Å². The zero-order valence-electron chi connectivity index (χ0n) is 17.6. The van der Waals surface area contributed by atoms with E-state index in [0.717, 1.165) is 49.4 Å². The molecule has 1 aromatic rings. The highest BCUT2D eigenvalue weighted by Crippen LogP contribution is 2.60. The van der Waals surface area contributed by atoms with Crippen LogP contribution in [0.4, 0.5) is 5.82 Å². The Bertz CT molecular complexity index is 766. The van der Waals surface area contributed by atoms with Gasteiger partial charge in [0.25, 0.3) is 5.91 Å². The summed E-state index contributed by atoms with van der Waals surface area (Å²) < 4.78 is 0. The number of aromatic nitrogens is 2. The van der Waals surface area contributed by atoms with E-state index in [1.165, 1.54) is 19.3 Å². The molecular weight excluding hydrogens is 354 g/mol. The van der Waals surface area contributed by atoms with Crippen LogP contribution >= 0.6 is 0 Å². The predicted octanol–water partition coefficient (Wildman–Crippen LogP) is 1.66. The Morgan fingerprint density at radius 3 is 2.54 bits per heavy atom. The van der Waals surface area contributed by atoms with E-state index in [0.29, 0.717) is 11.5 Å². The van der Waals surface area contributed by atoms with Crippen LogP contribution in [0.2, 0.25) is 0 Å². The fourth-order valence-corrected chi connectivity index (χ4v) is 5.33. The van der Waals surface area contributed by atoms with Gasteiger partial charge in [0.1, 0.15) is 5.82 Å². The van der Waals surface area contributed by atoms with Crippen LogP contribution in [0.1, 0.15) is 60.4 Å². The number of anilines is 1. The van der Waals surface area contributed by atoms with Gasteiger partial charge in [0.15, 0.2) is 0 Å². The number of nitrogens with zero attached hydrogens (tertiary/aromatic N) is 4. The summed E-state index contributed by atoms with van der Waals surface area (Å²) >= 11 is 0. The van der Waals surface area contributed by atoms with Crippen molar-refractivity contribution in [2.45, 2.75) is 64.0 Å². The van der Waals surface area contributed by atoms with E-state index in [1.54, 1.807) is 0 Å².